The van der Waals surface area contributed by atoms with Crippen molar-refractivity contribution in [2.24, 2.45) is 11.8 Å². The highest BCUT2D eigenvalue weighted by Gasteiger charge is 2.35. The molecule has 1 aliphatic rings. The highest BCUT2D eigenvalue weighted by Crippen LogP contribution is 2.26. The summed E-state index contributed by atoms with van der Waals surface area (Å²) in [5, 5.41) is 14.3. The summed E-state index contributed by atoms with van der Waals surface area (Å²) in [4.78, 5) is 41.5. The van der Waals surface area contributed by atoms with Gasteiger partial charge in [0.1, 0.15) is 0 Å². The topological polar surface area (TPSA) is 117 Å². The van der Waals surface area contributed by atoms with E-state index in [0.29, 0.717) is 23.6 Å². The van der Waals surface area contributed by atoms with Crippen LogP contribution in [0.15, 0.2) is 40.0 Å². The molecule has 3 rings (SSSR count). The number of carbonyl (C=O) groups is 3. The summed E-state index contributed by atoms with van der Waals surface area (Å²) in [6, 6.07) is 7.93. The molecule has 37 heavy (non-hydrogen) atoms. The zero-order valence-corrected chi connectivity index (χ0v) is 23.1. The highest BCUT2D eigenvalue weighted by atomic mass is 32.2. The van der Waals surface area contributed by atoms with E-state index >= 15 is 0 Å². The fraction of sp³-hybridized carbons (Fsp3) is 0.593. The first-order chi connectivity index (χ1) is 17.7. The van der Waals surface area contributed by atoms with E-state index in [1.54, 1.807) is 12.1 Å². The number of aromatic nitrogens is 2. The number of benzene rings is 1. The van der Waals surface area contributed by atoms with Gasteiger partial charge in [-0.2, -0.15) is 0 Å². The molecule has 1 aromatic carbocycles. The summed E-state index contributed by atoms with van der Waals surface area (Å²) in [6.07, 6.45) is 4.62. The Morgan fingerprint density at radius 1 is 1.11 bits per heavy atom. The van der Waals surface area contributed by atoms with Crippen LogP contribution in [0, 0.1) is 11.8 Å². The van der Waals surface area contributed by atoms with Crippen LogP contribution < -0.4 is 10.6 Å². The van der Waals surface area contributed by atoms with Gasteiger partial charge in [-0.25, -0.2) is 0 Å². The van der Waals surface area contributed by atoms with Gasteiger partial charge in [0, 0.05) is 17.4 Å². The third-order valence-corrected chi connectivity index (χ3v) is 7.29. The van der Waals surface area contributed by atoms with E-state index in [9.17, 15) is 14.4 Å². The molecule has 2 N–H and O–H groups in total. The molecule has 202 valence electrons. The minimum atomic E-state index is -0.771. The van der Waals surface area contributed by atoms with Crippen LogP contribution in [0.3, 0.4) is 0 Å². The van der Waals surface area contributed by atoms with Gasteiger partial charge in [-0.15, -0.1) is 10.2 Å². The number of Topliss-reactive ketones (excluding diaryl/α,β-unsaturated/α-hetero) is 1. The molecule has 10 heteroatoms. The van der Waals surface area contributed by atoms with E-state index in [4.69, 9.17) is 4.42 Å². The predicted octanol–water partition coefficient (Wildman–Crippen LogP) is 3.82. The first kappa shape index (κ1) is 28.8. The lowest BCUT2D eigenvalue weighted by Crippen LogP contribution is -2.52. The van der Waals surface area contributed by atoms with E-state index < -0.39 is 12.0 Å². The van der Waals surface area contributed by atoms with Crippen molar-refractivity contribution in [3.8, 4) is 0 Å². The van der Waals surface area contributed by atoms with Gasteiger partial charge in [-0.05, 0) is 64.4 Å². The Labute approximate surface area is 223 Å². The van der Waals surface area contributed by atoms with E-state index in [1.807, 2.05) is 46.1 Å². The first-order valence-electron chi connectivity index (χ1n) is 13.1. The van der Waals surface area contributed by atoms with Gasteiger partial charge in [0.25, 0.3) is 17.0 Å². The molecule has 1 saturated carbocycles. The second kappa shape index (κ2) is 14.3. The molecule has 0 spiro atoms. The molecule has 1 aromatic heterocycles. The van der Waals surface area contributed by atoms with Crippen molar-refractivity contribution >= 4 is 29.4 Å². The van der Waals surface area contributed by atoms with Crippen LogP contribution in [0.1, 0.15) is 73.4 Å². The van der Waals surface area contributed by atoms with Crippen LogP contribution in [0.5, 0.6) is 0 Å². The second-order valence-corrected chi connectivity index (χ2v) is 11.3. The standard InChI is InChI=1S/C27H39N5O4S/c1-18(2)17-22(23(33)26-30-31-27(36-26)37-16-10-15-32(3)4)29-25(35)20-13-8-9-14-21(20)28-24(34)19-11-6-5-7-12-19/h5-7,11-12,18,20-22H,8-10,13-17H2,1-4H3,(H,28,34)(H,29,35)/t20-,21+,22?/m1/s1. The van der Waals surface area contributed by atoms with Gasteiger partial charge < -0.3 is 20.0 Å². The zero-order valence-electron chi connectivity index (χ0n) is 22.2. The van der Waals surface area contributed by atoms with Crippen molar-refractivity contribution < 1.29 is 18.8 Å². The molecule has 2 amide bonds. The van der Waals surface area contributed by atoms with Crippen LogP contribution in [0.4, 0.5) is 0 Å². The maximum Gasteiger partial charge on any atom is 0.286 e. The van der Waals surface area contributed by atoms with Gasteiger partial charge >= 0.3 is 0 Å². The summed E-state index contributed by atoms with van der Waals surface area (Å²) in [7, 11) is 4.04. The number of carbonyl (C=O) groups excluding carboxylic acids is 3. The Bertz CT molecular complexity index is 1030. The molecule has 0 saturated heterocycles. The number of hydrogen-bond acceptors (Lipinski definition) is 8. The minimum Gasteiger partial charge on any atom is -0.408 e. The van der Waals surface area contributed by atoms with Gasteiger partial charge in [0.2, 0.25) is 11.7 Å². The summed E-state index contributed by atoms with van der Waals surface area (Å²) >= 11 is 1.42. The van der Waals surface area contributed by atoms with Gasteiger partial charge in [0.05, 0.1) is 12.0 Å². The van der Waals surface area contributed by atoms with Crippen molar-refractivity contribution in [1.82, 2.24) is 25.7 Å². The number of nitrogens with zero attached hydrogens (tertiary/aromatic N) is 3. The van der Waals surface area contributed by atoms with Gasteiger partial charge in [-0.1, -0.05) is 56.7 Å². The Kier molecular flexibility index (Phi) is 11.1. The fourth-order valence-electron chi connectivity index (χ4n) is 4.50. The number of thioether (sulfide) groups is 1. The Morgan fingerprint density at radius 2 is 1.84 bits per heavy atom. The number of nitrogens with one attached hydrogen (secondary N) is 2. The van der Waals surface area contributed by atoms with Crippen LogP contribution in [-0.2, 0) is 4.79 Å². The number of ketones is 1. The lowest BCUT2D eigenvalue weighted by atomic mass is 9.83. The molecule has 1 fully saturated rings. The molecular formula is C27H39N5O4S. The molecule has 0 radical (unpaired) electrons. The molecule has 3 atom stereocenters. The number of amides is 2. The normalized spacial score (nSPS) is 18.5. The van der Waals surface area contributed by atoms with Crippen molar-refractivity contribution in [3.63, 3.8) is 0 Å². The molecule has 0 aliphatic heterocycles. The molecule has 1 aliphatic carbocycles. The maximum absolute atomic E-state index is 13.4. The lowest BCUT2D eigenvalue weighted by molar-refractivity contribution is -0.127. The molecular weight excluding hydrogens is 490 g/mol. The molecule has 2 aromatic rings. The first-order valence-corrected chi connectivity index (χ1v) is 14.0. The average molecular weight is 530 g/mol. The van der Waals surface area contributed by atoms with Crippen LogP contribution in [0.2, 0.25) is 0 Å². The molecule has 1 heterocycles. The predicted molar refractivity (Wildman–Crippen MR) is 144 cm³/mol. The van der Waals surface area contributed by atoms with Crippen LogP contribution in [-0.4, -0.2) is 71.2 Å². The van der Waals surface area contributed by atoms with Crippen molar-refractivity contribution in [2.45, 2.75) is 69.7 Å². The Balaban J connectivity index is 1.64. The smallest absolute Gasteiger partial charge is 0.286 e. The van der Waals surface area contributed by atoms with Gasteiger partial charge in [-0.3, -0.25) is 14.4 Å². The quantitative estimate of drug-likeness (QED) is 0.228. The zero-order chi connectivity index (χ0) is 26.8. The lowest BCUT2D eigenvalue weighted by Gasteiger charge is -2.32. The summed E-state index contributed by atoms with van der Waals surface area (Å²) in [6.45, 7) is 4.94. The Morgan fingerprint density at radius 3 is 2.54 bits per heavy atom. The molecule has 9 nitrogen and oxygen atoms in total. The summed E-state index contributed by atoms with van der Waals surface area (Å²) < 4.78 is 5.63. The number of hydrogen-bond donors (Lipinski definition) is 2. The van der Waals surface area contributed by atoms with E-state index in [2.05, 4.69) is 25.7 Å². The molecule has 0 bridgehead atoms. The monoisotopic (exact) mass is 529 g/mol. The average Bonchev–Trinajstić information content (AvgIpc) is 3.35. The van der Waals surface area contributed by atoms with E-state index in [1.165, 1.54) is 11.8 Å². The largest absolute Gasteiger partial charge is 0.408 e. The van der Waals surface area contributed by atoms with Gasteiger partial charge in [0.15, 0.2) is 0 Å². The second-order valence-electron chi connectivity index (χ2n) is 10.3. The molecule has 1 unspecified atom stereocenters. The fourth-order valence-corrected chi connectivity index (χ4v) is 5.18. The van der Waals surface area contributed by atoms with Crippen molar-refractivity contribution in [1.29, 1.82) is 0 Å². The third kappa shape index (κ3) is 8.96. The highest BCUT2D eigenvalue weighted by molar-refractivity contribution is 7.99. The minimum absolute atomic E-state index is 0.0846. The van der Waals surface area contributed by atoms with Crippen LogP contribution >= 0.6 is 11.8 Å². The van der Waals surface area contributed by atoms with Crippen molar-refractivity contribution in [2.75, 3.05) is 26.4 Å². The summed E-state index contributed by atoms with van der Waals surface area (Å²) in [5.41, 5.74) is 0.562. The van der Waals surface area contributed by atoms with Crippen molar-refractivity contribution in [3.05, 3.63) is 41.8 Å². The number of rotatable bonds is 13. The van der Waals surface area contributed by atoms with E-state index in [-0.39, 0.29) is 35.4 Å². The maximum atomic E-state index is 13.4. The third-order valence-electron chi connectivity index (χ3n) is 6.39. The van der Waals surface area contributed by atoms with Crippen LogP contribution in [0.25, 0.3) is 0 Å². The Hall–Kier alpha value is -2.72. The SMILES string of the molecule is CC(C)CC(NC(=O)[C@@H]1CCCC[C@@H]1NC(=O)c1ccccc1)C(=O)c1nnc(SCCCN(C)C)o1. The summed E-state index contributed by atoms with van der Waals surface area (Å²) in [5.74, 6) is -0.324. The van der Waals surface area contributed by atoms with E-state index in [0.717, 1.165) is 38.0 Å².